The van der Waals surface area contributed by atoms with Gasteiger partial charge in [0.05, 0.1) is 16.7 Å². The molecule has 0 fully saturated rings. The minimum Gasteiger partial charge on any atom is -0.310 e. The van der Waals surface area contributed by atoms with Crippen LogP contribution >= 0.6 is 0 Å². The first-order valence-corrected chi connectivity index (χ1v) is 19.9. The van der Waals surface area contributed by atoms with Gasteiger partial charge in [-0.05, 0) is 110 Å². The average Bonchev–Trinajstić information content (AvgIpc) is 3.65. The Morgan fingerprint density at radius 1 is 0.293 bits per heavy atom. The summed E-state index contributed by atoms with van der Waals surface area (Å²) in [6, 6.07) is 83.7. The SMILES string of the molecule is c1ccc(-c2ccc(N(c3ccc4c(c3)c(-c3ccccc3)c(-c3ccccc3)c3ccccc34)c3cccc4c3c3ccccc3n4-c3ccccc3)cc2)cc1. The summed E-state index contributed by atoms with van der Waals surface area (Å²) in [6.07, 6.45) is 0. The van der Waals surface area contributed by atoms with E-state index in [1.165, 1.54) is 76.7 Å². The smallest absolute Gasteiger partial charge is 0.0562 e. The van der Waals surface area contributed by atoms with Crippen LogP contribution in [0.1, 0.15) is 0 Å². The predicted molar refractivity (Wildman–Crippen MR) is 247 cm³/mol. The van der Waals surface area contributed by atoms with Gasteiger partial charge in [0.2, 0.25) is 0 Å². The van der Waals surface area contributed by atoms with Crippen molar-refractivity contribution in [2.75, 3.05) is 4.90 Å². The molecule has 2 nitrogen and oxygen atoms in total. The fraction of sp³-hybridized carbons (Fsp3) is 0. The molecule has 11 rings (SSSR count). The lowest BCUT2D eigenvalue weighted by Gasteiger charge is -2.28. The highest BCUT2D eigenvalue weighted by Crippen LogP contribution is 2.48. The zero-order valence-electron chi connectivity index (χ0n) is 31.8. The van der Waals surface area contributed by atoms with Gasteiger partial charge >= 0.3 is 0 Å². The highest BCUT2D eigenvalue weighted by atomic mass is 15.1. The van der Waals surface area contributed by atoms with E-state index in [-0.39, 0.29) is 0 Å². The molecule has 2 heteroatoms. The zero-order chi connectivity index (χ0) is 38.4. The van der Waals surface area contributed by atoms with Crippen molar-refractivity contribution in [3.8, 4) is 39.1 Å². The van der Waals surface area contributed by atoms with Gasteiger partial charge in [-0.3, -0.25) is 0 Å². The molecular weight excluding hydrogens is 701 g/mol. The van der Waals surface area contributed by atoms with Crippen LogP contribution in [0.5, 0.6) is 0 Å². The summed E-state index contributed by atoms with van der Waals surface area (Å²) in [6.45, 7) is 0. The van der Waals surface area contributed by atoms with Gasteiger partial charge in [0.25, 0.3) is 0 Å². The summed E-state index contributed by atoms with van der Waals surface area (Å²) < 4.78 is 2.40. The van der Waals surface area contributed by atoms with Crippen LogP contribution in [0.4, 0.5) is 17.1 Å². The van der Waals surface area contributed by atoms with Gasteiger partial charge in [-0.2, -0.15) is 0 Å². The van der Waals surface area contributed by atoms with E-state index in [1.54, 1.807) is 0 Å². The molecule has 1 heterocycles. The molecule has 0 spiro atoms. The summed E-state index contributed by atoms with van der Waals surface area (Å²) in [7, 11) is 0. The normalized spacial score (nSPS) is 11.4. The van der Waals surface area contributed by atoms with Crippen molar-refractivity contribution in [3.05, 3.63) is 231 Å². The van der Waals surface area contributed by atoms with Gasteiger partial charge in [-0.15, -0.1) is 0 Å². The molecule has 0 amide bonds. The first kappa shape index (κ1) is 33.6. The quantitative estimate of drug-likeness (QED) is 0.148. The van der Waals surface area contributed by atoms with Crippen molar-refractivity contribution in [2.24, 2.45) is 0 Å². The molecule has 1 aromatic heterocycles. The first-order valence-electron chi connectivity index (χ1n) is 19.9. The van der Waals surface area contributed by atoms with Crippen LogP contribution < -0.4 is 4.90 Å². The fourth-order valence-corrected chi connectivity index (χ4v) is 9.03. The van der Waals surface area contributed by atoms with Gasteiger partial charge in [0.15, 0.2) is 0 Å². The molecule has 0 unspecified atom stereocenters. The number of anilines is 3. The topological polar surface area (TPSA) is 8.17 Å². The van der Waals surface area contributed by atoms with E-state index in [1.807, 2.05) is 0 Å². The van der Waals surface area contributed by atoms with E-state index >= 15 is 0 Å². The van der Waals surface area contributed by atoms with Gasteiger partial charge in [0, 0.05) is 27.8 Å². The Labute approximate surface area is 338 Å². The third kappa shape index (κ3) is 5.57. The molecule has 0 atom stereocenters. The standard InChI is InChI=1S/C56H38N2/c1-5-18-39(19-6-1)40-32-34-44(35-33-40)57(52-30-17-31-53-56(52)49-28-15-16-29-51(49)58(53)43-24-11-4-12-25-43)45-36-37-47-46-26-13-14-27-48(46)54(41-20-7-2-8-21-41)55(50(47)38-45)42-22-9-3-10-23-42/h1-38H. The van der Waals surface area contributed by atoms with Crippen LogP contribution in [0.2, 0.25) is 0 Å². The number of para-hydroxylation sites is 2. The van der Waals surface area contributed by atoms with E-state index in [0.29, 0.717) is 0 Å². The first-order chi connectivity index (χ1) is 28.8. The fourth-order valence-electron chi connectivity index (χ4n) is 9.03. The molecule has 10 aromatic carbocycles. The van der Waals surface area contributed by atoms with E-state index in [9.17, 15) is 0 Å². The summed E-state index contributed by atoms with van der Waals surface area (Å²) in [5, 5.41) is 7.36. The number of nitrogens with zero attached hydrogens (tertiary/aromatic N) is 2. The van der Waals surface area contributed by atoms with E-state index in [0.717, 1.165) is 22.7 Å². The van der Waals surface area contributed by atoms with E-state index in [2.05, 4.69) is 240 Å². The molecule has 58 heavy (non-hydrogen) atoms. The van der Waals surface area contributed by atoms with Crippen LogP contribution in [0.15, 0.2) is 231 Å². The van der Waals surface area contributed by atoms with Crippen LogP contribution in [-0.4, -0.2) is 4.57 Å². The van der Waals surface area contributed by atoms with Crippen molar-refractivity contribution in [1.82, 2.24) is 4.57 Å². The third-order valence-electron chi connectivity index (χ3n) is 11.6. The van der Waals surface area contributed by atoms with Crippen molar-refractivity contribution in [3.63, 3.8) is 0 Å². The summed E-state index contributed by atoms with van der Waals surface area (Å²) in [5.41, 5.74) is 14.1. The molecule has 0 aliphatic rings. The van der Waals surface area contributed by atoms with E-state index < -0.39 is 0 Å². The maximum atomic E-state index is 2.46. The number of hydrogen-bond acceptors (Lipinski definition) is 1. The number of benzene rings is 10. The van der Waals surface area contributed by atoms with Crippen LogP contribution in [-0.2, 0) is 0 Å². The largest absolute Gasteiger partial charge is 0.310 e. The number of hydrogen-bond donors (Lipinski definition) is 0. The Morgan fingerprint density at radius 2 is 0.776 bits per heavy atom. The van der Waals surface area contributed by atoms with Gasteiger partial charge in [-0.1, -0.05) is 176 Å². The van der Waals surface area contributed by atoms with Gasteiger partial charge in [-0.25, -0.2) is 0 Å². The molecule has 0 bridgehead atoms. The molecular formula is C56H38N2. The molecule has 0 radical (unpaired) electrons. The number of rotatable bonds is 7. The van der Waals surface area contributed by atoms with Crippen molar-refractivity contribution < 1.29 is 0 Å². The van der Waals surface area contributed by atoms with Gasteiger partial charge in [0.1, 0.15) is 0 Å². The minimum absolute atomic E-state index is 1.09. The monoisotopic (exact) mass is 738 g/mol. The van der Waals surface area contributed by atoms with Crippen LogP contribution in [0.3, 0.4) is 0 Å². The molecule has 0 aliphatic carbocycles. The third-order valence-corrected chi connectivity index (χ3v) is 11.6. The summed E-state index contributed by atoms with van der Waals surface area (Å²) in [5.74, 6) is 0. The second kappa shape index (κ2) is 14.1. The Hall–Kier alpha value is -7.68. The summed E-state index contributed by atoms with van der Waals surface area (Å²) in [4.78, 5) is 2.46. The van der Waals surface area contributed by atoms with Crippen molar-refractivity contribution >= 4 is 60.4 Å². The molecule has 0 aliphatic heterocycles. The Balaban J connectivity index is 1.23. The Morgan fingerprint density at radius 3 is 1.45 bits per heavy atom. The van der Waals surface area contributed by atoms with Crippen molar-refractivity contribution in [2.45, 2.75) is 0 Å². The van der Waals surface area contributed by atoms with Crippen molar-refractivity contribution in [1.29, 1.82) is 0 Å². The highest BCUT2D eigenvalue weighted by molar-refractivity contribution is 6.23. The number of fused-ring (bicyclic) bond motifs is 6. The van der Waals surface area contributed by atoms with Crippen LogP contribution in [0.25, 0.3) is 82.4 Å². The van der Waals surface area contributed by atoms with E-state index in [4.69, 9.17) is 0 Å². The Bertz CT molecular complexity index is 3240. The maximum absolute atomic E-state index is 2.46. The second-order valence-corrected chi connectivity index (χ2v) is 14.9. The average molecular weight is 739 g/mol. The second-order valence-electron chi connectivity index (χ2n) is 14.9. The Kier molecular flexibility index (Phi) is 8.19. The molecule has 11 aromatic rings. The lowest BCUT2D eigenvalue weighted by Crippen LogP contribution is -2.10. The molecule has 0 saturated carbocycles. The lowest BCUT2D eigenvalue weighted by molar-refractivity contribution is 1.18. The zero-order valence-corrected chi connectivity index (χ0v) is 31.8. The predicted octanol–water partition coefficient (Wildman–Crippen LogP) is 15.6. The number of aromatic nitrogens is 1. The highest BCUT2D eigenvalue weighted by Gasteiger charge is 2.23. The van der Waals surface area contributed by atoms with Gasteiger partial charge < -0.3 is 9.47 Å². The molecule has 0 saturated heterocycles. The summed E-state index contributed by atoms with van der Waals surface area (Å²) >= 11 is 0. The van der Waals surface area contributed by atoms with Crippen LogP contribution in [0, 0.1) is 0 Å². The molecule has 272 valence electrons. The maximum Gasteiger partial charge on any atom is 0.0562 e. The lowest BCUT2D eigenvalue weighted by atomic mass is 9.85. The molecule has 0 N–H and O–H groups in total. The minimum atomic E-state index is 1.09.